The molecule has 4 aromatic rings. The zero-order valence-electron chi connectivity index (χ0n) is 18.8. The smallest absolute Gasteiger partial charge is 0.227 e. The summed E-state index contributed by atoms with van der Waals surface area (Å²) in [7, 11) is 0. The first-order valence-electron chi connectivity index (χ1n) is 11.0. The normalized spacial score (nSPS) is 14.7. The van der Waals surface area contributed by atoms with Crippen molar-refractivity contribution in [2.75, 3.05) is 23.3 Å². The van der Waals surface area contributed by atoms with Crippen LogP contribution in [0.2, 0.25) is 0 Å². The third-order valence-electron chi connectivity index (χ3n) is 6.41. The quantitative estimate of drug-likeness (QED) is 0.470. The van der Waals surface area contributed by atoms with Gasteiger partial charge in [0.2, 0.25) is 5.91 Å². The fourth-order valence-electron chi connectivity index (χ4n) is 4.41. The van der Waals surface area contributed by atoms with Crippen molar-refractivity contribution in [1.82, 2.24) is 19.5 Å². The number of halogens is 1. The van der Waals surface area contributed by atoms with Crippen LogP contribution in [-0.4, -0.2) is 38.5 Å². The number of carbonyl (C=O) groups is 1. The maximum Gasteiger partial charge on any atom is 0.227 e. The Balaban J connectivity index is 1.25. The summed E-state index contributed by atoms with van der Waals surface area (Å²) in [5.41, 5.74) is 2.09. The highest BCUT2D eigenvalue weighted by molar-refractivity contribution is 7.18. The molecule has 1 fully saturated rings. The van der Waals surface area contributed by atoms with Crippen LogP contribution < -0.4 is 10.2 Å². The van der Waals surface area contributed by atoms with Crippen molar-refractivity contribution in [3.05, 3.63) is 59.0 Å². The van der Waals surface area contributed by atoms with Gasteiger partial charge >= 0.3 is 0 Å². The Labute approximate surface area is 195 Å². The minimum absolute atomic E-state index is 0.0731. The summed E-state index contributed by atoms with van der Waals surface area (Å²) in [4.78, 5) is 30.5. The van der Waals surface area contributed by atoms with Crippen LogP contribution in [0.15, 0.2) is 36.9 Å². The number of thiophene rings is 1. The fourth-order valence-corrected chi connectivity index (χ4v) is 5.41. The van der Waals surface area contributed by atoms with Crippen molar-refractivity contribution in [2.45, 2.75) is 33.6 Å². The lowest BCUT2D eigenvalue weighted by molar-refractivity contribution is -0.120. The molecule has 0 saturated carbocycles. The van der Waals surface area contributed by atoms with Gasteiger partial charge in [-0.15, -0.1) is 11.3 Å². The number of carbonyl (C=O) groups excluding carboxylic acids is 1. The van der Waals surface area contributed by atoms with E-state index in [0.717, 1.165) is 29.1 Å². The Kier molecular flexibility index (Phi) is 5.57. The number of rotatable bonds is 4. The molecule has 3 aromatic heterocycles. The molecular formula is C24H25FN6OS. The number of nitrogens with one attached hydrogen (secondary N) is 1. The van der Waals surface area contributed by atoms with Gasteiger partial charge in [-0.25, -0.2) is 19.3 Å². The zero-order valence-corrected chi connectivity index (χ0v) is 19.6. The van der Waals surface area contributed by atoms with Gasteiger partial charge < -0.3 is 14.8 Å². The molecule has 0 unspecified atom stereocenters. The molecule has 170 valence electrons. The summed E-state index contributed by atoms with van der Waals surface area (Å²) in [5.74, 6) is 1.05. The molecule has 9 heteroatoms. The van der Waals surface area contributed by atoms with E-state index in [4.69, 9.17) is 0 Å². The van der Waals surface area contributed by atoms with Crippen molar-refractivity contribution in [1.29, 1.82) is 0 Å². The minimum atomic E-state index is -0.405. The van der Waals surface area contributed by atoms with E-state index >= 15 is 0 Å². The number of imidazole rings is 1. The number of hydrogen-bond acceptors (Lipinski definition) is 6. The number of nitrogens with zero attached hydrogens (tertiary/aromatic N) is 5. The van der Waals surface area contributed by atoms with E-state index in [2.05, 4.69) is 39.0 Å². The Morgan fingerprint density at radius 1 is 1.15 bits per heavy atom. The molecule has 1 amide bonds. The lowest BCUT2D eigenvalue weighted by atomic mass is 9.95. The number of anilines is 2. The maximum absolute atomic E-state index is 14.7. The van der Waals surface area contributed by atoms with Crippen molar-refractivity contribution >= 4 is 39.0 Å². The predicted octanol–water partition coefficient (Wildman–Crippen LogP) is 4.80. The molecule has 0 radical (unpaired) electrons. The molecule has 0 aliphatic carbocycles. The molecule has 4 heterocycles. The number of aromatic nitrogens is 4. The zero-order chi connectivity index (χ0) is 23.1. The number of hydrogen-bond donors (Lipinski definition) is 1. The first-order chi connectivity index (χ1) is 15.9. The molecule has 0 spiro atoms. The van der Waals surface area contributed by atoms with E-state index in [0.29, 0.717) is 30.0 Å². The summed E-state index contributed by atoms with van der Waals surface area (Å²) in [5, 5.41) is 4.01. The molecule has 1 saturated heterocycles. The van der Waals surface area contributed by atoms with E-state index in [1.165, 1.54) is 16.5 Å². The number of fused-ring (bicyclic) bond motifs is 1. The van der Waals surface area contributed by atoms with Crippen LogP contribution in [0.1, 0.15) is 29.1 Å². The summed E-state index contributed by atoms with van der Waals surface area (Å²) in [6.07, 6.45) is 6.40. The van der Waals surface area contributed by atoms with Crippen molar-refractivity contribution in [2.24, 2.45) is 5.92 Å². The number of aryl methyl sites for hydroxylation is 3. The minimum Gasteiger partial charge on any atom is -0.356 e. The molecule has 1 aromatic carbocycles. The van der Waals surface area contributed by atoms with E-state index in [9.17, 15) is 9.18 Å². The number of piperidine rings is 1. The Hall–Kier alpha value is -3.33. The average molecular weight is 465 g/mol. The van der Waals surface area contributed by atoms with Gasteiger partial charge in [0, 0.05) is 42.0 Å². The van der Waals surface area contributed by atoms with Gasteiger partial charge in [-0.1, -0.05) is 0 Å². The Morgan fingerprint density at radius 2 is 1.94 bits per heavy atom. The summed E-state index contributed by atoms with van der Waals surface area (Å²) in [6.45, 7) is 7.51. The van der Waals surface area contributed by atoms with Gasteiger partial charge in [-0.3, -0.25) is 4.79 Å². The topological polar surface area (TPSA) is 75.9 Å². The Morgan fingerprint density at radius 3 is 2.64 bits per heavy atom. The second-order valence-electron chi connectivity index (χ2n) is 8.42. The lowest BCUT2D eigenvalue weighted by Gasteiger charge is -2.32. The fraction of sp³-hybridized carbons (Fsp3) is 0.333. The molecular weight excluding hydrogens is 439 g/mol. The SMILES string of the molecule is Cc1sc2ncnc(N3CCC(C(=O)Nc4ccc(-n5ccnc5C)c(F)c4)CC3)c2c1C. The van der Waals surface area contributed by atoms with Crippen molar-refractivity contribution in [3.8, 4) is 5.69 Å². The third-order valence-corrected chi connectivity index (χ3v) is 7.53. The van der Waals surface area contributed by atoms with Crippen molar-refractivity contribution in [3.63, 3.8) is 0 Å². The summed E-state index contributed by atoms with van der Waals surface area (Å²) in [6, 6.07) is 4.75. The van der Waals surface area contributed by atoms with Crippen LogP contribution in [-0.2, 0) is 4.79 Å². The Bertz CT molecular complexity index is 1340. The second kappa shape index (κ2) is 8.55. The van der Waals surface area contributed by atoms with Gasteiger partial charge in [0.25, 0.3) is 0 Å². The van der Waals surface area contributed by atoms with Crippen molar-refractivity contribution < 1.29 is 9.18 Å². The number of amides is 1. The van der Waals surface area contributed by atoms with Crippen LogP contribution >= 0.6 is 11.3 Å². The standard InChI is InChI=1S/C24H25FN6OS/c1-14-15(2)33-24-21(14)22(27-13-28-24)30-9-6-17(7-10-30)23(32)29-18-4-5-20(19(25)12-18)31-11-8-26-16(31)3/h4-5,8,11-13,17H,6-7,9-10H2,1-3H3,(H,29,32). The van der Waals surface area contributed by atoms with Crippen LogP contribution in [0.5, 0.6) is 0 Å². The molecule has 33 heavy (non-hydrogen) atoms. The van der Waals surface area contributed by atoms with Gasteiger partial charge in [0.1, 0.15) is 28.6 Å². The van der Waals surface area contributed by atoms with Gasteiger partial charge in [0.05, 0.1) is 11.1 Å². The van der Waals surface area contributed by atoms with Gasteiger partial charge in [-0.05, 0) is 57.4 Å². The largest absolute Gasteiger partial charge is 0.356 e. The van der Waals surface area contributed by atoms with E-state index in [-0.39, 0.29) is 11.8 Å². The van der Waals surface area contributed by atoms with Crippen LogP contribution in [0, 0.1) is 32.5 Å². The molecule has 0 atom stereocenters. The van der Waals surface area contributed by atoms with E-state index in [1.54, 1.807) is 46.8 Å². The van der Waals surface area contributed by atoms with E-state index < -0.39 is 5.82 Å². The lowest BCUT2D eigenvalue weighted by Crippen LogP contribution is -2.38. The maximum atomic E-state index is 14.7. The first kappa shape index (κ1) is 21.5. The summed E-state index contributed by atoms with van der Waals surface area (Å²) < 4.78 is 16.3. The molecule has 1 N–H and O–H groups in total. The molecule has 1 aliphatic rings. The highest BCUT2D eigenvalue weighted by Crippen LogP contribution is 2.35. The molecule has 7 nitrogen and oxygen atoms in total. The highest BCUT2D eigenvalue weighted by atomic mass is 32.1. The van der Waals surface area contributed by atoms with Crippen LogP contribution in [0.25, 0.3) is 15.9 Å². The predicted molar refractivity (Wildman–Crippen MR) is 129 cm³/mol. The average Bonchev–Trinajstić information content (AvgIpc) is 3.36. The molecule has 5 rings (SSSR count). The third kappa shape index (κ3) is 3.97. The first-order valence-corrected chi connectivity index (χ1v) is 11.8. The molecule has 0 bridgehead atoms. The van der Waals surface area contributed by atoms with Gasteiger partial charge in [-0.2, -0.15) is 0 Å². The van der Waals surface area contributed by atoms with E-state index in [1.807, 2.05) is 6.92 Å². The monoisotopic (exact) mass is 464 g/mol. The molecule has 1 aliphatic heterocycles. The van der Waals surface area contributed by atoms with Gasteiger partial charge in [0.15, 0.2) is 0 Å². The number of benzene rings is 1. The second-order valence-corrected chi connectivity index (χ2v) is 9.63. The van der Waals surface area contributed by atoms with Crippen LogP contribution in [0.4, 0.5) is 15.9 Å². The highest BCUT2D eigenvalue weighted by Gasteiger charge is 2.27. The summed E-state index contributed by atoms with van der Waals surface area (Å²) >= 11 is 1.69. The van der Waals surface area contributed by atoms with Crippen LogP contribution in [0.3, 0.4) is 0 Å².